The Balaban J connectivity index is 2.62. The summed E-state index contributed by atoms with van der Waals surface area (Å²) in [5.74, 6) is 0. The van der Waals surface area contributed by atoms with Crippen LogP contribution in [0.15, 0.2) is 18.2 Å². The van der Waals surface area contributed by atoms with Gasteiger partial charge < -0.3 is 5.32 Å². The Morgan fingerprint density at radius 3 is 2.61 bits per heavy atom. The van der Waals surface area contributed by atoms with Crippen LogP contribution in [-0.4, -0.2) is 6.54 Å². The Hall–Kier alpha value is -1.71. The van der Waals surface area contributed by atoms with Crippen LogP contribution in [0.5, 0.6) is 0 Å². The molecule has 0 spiro atoms. The molecule has 0 atom stereocenters. The Morgan fingerprint density at radius 1 is 1.33 bits per heavy atom. The number of nitrogens with zero attached hydrogens (tertiary/aromatic N) is 2. The zero-order chi connectivity index (χ0) is 13.6. The normalized spacial score (nSPS) is 10.5. The molecule has 0 saturated heterocycles. The minimum absolute atomic E-state index is 0.0517. The lowest BCUT2D eigenvalue weighted by molar-refractivity contribution is 0.364. The number of nitriles is 2. The molecule has 0 aliphatic heterocycles. The average Bonchev–Trinajstić information content (AvgIpc) is 2.34. The number of benzene rings is 1. The lowest BCUT2D eigenvalue weighted by Crippen LogP contribution is -2.22. The highest BCUT2D eigenvalue weighted by Crippen LogP contribution is 2.25. The predicted octanol–water partition coefficient (Wildman–Crippen LogP) is 3.95. The molecule has 0 fully saturated rings. The van der Waals surface area contributed by atoms with Crippen molar-refractivity contribution in [1.82, 2.24) is 0 Å². The first kappa shape index (κ1) is 14.4. The molecular weight excluding hydrogens is 246 g/mol. The van der Waals surface area contributed by atoms with Gasteiger partial charge in [-0.05, 0) is 30.0 Å². The van der Waals surface area contributed by atoms with E-state index in [0.717, 1.165) is 18.7 Å². The quantitative estimate of drug-likeness (QED) is 0.873. The highest BCUT2D eigenvalue weighted by atomic mass is 35.5. The van der Waals surface area contributed by atoms with Gasteiger partial charge in [0.15, 0.2) is 0 Å². The fraction of sp³-hybridized carbons (Fsp3) is 0.429. The Bertz CT molecular complexity index is 495. The standard InChI is InChI=1S/C14H16ClN3/c1-14(2,6-3-7-16)10-18-12-5-4-11(9-17)13(15)8-12/h4-5,8,18H,3,6,10H2,1-2H3. The number of nitrogens with one attached hydrogen (secondary N) is 1. The summed E-state index contributed by atoms with van der Waals surface area (Å²) in [6, 6.07) is 9.48. The maximum atomic E-state index is 8.78. The van der Waals surface area contributed by atoms with E-state index in [1.54, 1.807) is 12.1 Å². The SMILES string of the molecule is CC(C)(CCC#N)CNc1ccc(C#N)c(Cl)c1. The molecule has 4 heteroatoms. The second-order valence-corrected chi connectivity index (χ2v) is 5.39. The van der Waals surface area contributed by atoms with E-state index < -0.39 is 0 Å². The van der Waals surface area contributed by atoms with Crippen molar-refractivity contribution >= 4 is 17.3 Å². The van der Waals surface area contributed by atoms with Crippen LogP contribution in [0.3, 0.4) is 0 Å². The van der Waals surface area contributed by atoms with E-state index in [4.69, 9.17) is 22.1 Å². The first-order valence-electron chi connectivity index (χ1n) is 5.79. The minimum Gasteiger partial charge on any atom is -0.384 e. The van der Waals surface area contributed by atoms with Gasteiger partial charge in [-0.15, -0.1) is 0 Å². The van der Waals surface area contributed by atoms with E-state index in [2.05, 4.69) is 25.2 Å². The van der Waals surface area contributed by atoms with Crippen LogP contribution in [0.4, 0.5) is 5.69 Å². The zero-order valence-electron chi connectivity index (χ0n) is 10.6. The van der Waals surface area contributed by atoms with Gasteiger partial charge >= 0.3 is 0 Å². The van der Waals surface area contributed by atoms with Gasteiger partial charge in [0.25, 0.3) is 0 Å². The van der Waals surface area contributed by atoms with Crippen LogP contribution in [0.1, 0.15) is 32.3 Å². The summed E-state index contributed by atoms with van der Waals surface area (Å²) in [6.07, 6.45) is 1.41. The van der Waals surface area contributed by atoms with Gasteiger partial charge in [-0.25, -0.2) is 0 Å². The summed E-state index contributed by atoms with van der Waals surface area (Å²) < 4.78 is 0. The molecular formula is C14H16ClN3. The van der Waals surface area contributed by atoms with Crippen LogP contribution in [-0.2, 0) is 0 Å². The largest absolute Gasteiger partial charge is 0.384 e. The molecule has 1 N–H and O–H groups in total. The summed E-state index contributed by atoms with van der Waals surface area (Å²) in [4.78, 5) is 0. The van der Waals surface area contributed by atoms with Crippen LogP contribution < -0.4 is 5.32 Å². The van der Waals surface area contributed by atoms with E-state index in [1.807, 2.05) is 12.1 Å². The number of anilines is 1. The molecule has 1 aromatic rings. The molecule has 1 aromatic carbocycles. The third-order valence-electron chi connectivity index (χ3n) is 2.77. The van der Waals surface area contributed by atoms with Gasteiger partial charge in [-0.2, -0.15) is 10.5 Å². The predicted molar refractivity (Wildman–Crippen MR) is 73.3 cm³/mol. The smallest absolute Gasteiger partial charge is 0.101 e. The van der Waals surface area contributed by atoms with Gasteiger partial charge in [0, 0.05) is 18.7 Å². The summed E-state index contributed by atoms with van der Waals surface area (Å²) >= 11 is 5.96. The molecule has 0 radical (unpaired) electrons. The van der Waals surface area contributed by atoms with Crippen molar-refractivity contribution in [2.24, 2.45) is 5.41 Å². The van der Waals surface area contributed by atoms with Crippen LogP contribution in [0, 0.1) is 28.1 Å². The van der Waals surface area contributed by atoms with Gasteiger partial charge in [0.05, 0.1) is 16.7 Å². The highest BCUT2D eigenvalue weighted by molar-refractivity contribution is 6.32. The van der Waals surface area contributed by atoms with Crippen molar-refractivity contribution < 1.29 is 0 Å². The molecule has 0 unspecified atom stereocenters. The first-order valence-corrected chi connectivity index (χ1v) is 6.17. The first-order chi connectivity index (χ1) is 8.48. The van der Waals surface area contributed by atoms with Crippen molar-refractivity contribution in [1.29, 1.82) is 10.5 Å². The van der Waals surface area contributed by atoms with Crippen LogP contribution in [0.2, 0.25) is 5.02 Å². The molecule has 1 rings (SSSR count). The van der Waals surface area contributed by atoms with Crippen LogP contribution in [0.25, 0.3) is 0 Å². The Morgan fingerprint density at radius 2 is 2.06 bits per heavy atom. The van der Waals surface area contributed by atoms with Gasteiger partial charge in [-0.1, -0.05) is 25.4 Å². The van der Waals surface area contributed by atoms with Gasteiger partial charge in [-0.3, -0.25) is 0 Å². The van der Waals surface area contributed by atoms with Gasteiger partial charge in [0.2, 0.25) is 0 Å². The van der Waals surface area contributed by atoms with E-state index >= 15 is 0 Å². The van der Waals surface area contributed by atoms with E-state index in [1.165, 1.54) is 0 Å². The summed E-state index contributed by atoms with van der Waals surface area (Å²) in [7, 11) is 0. The number of hydrogen-bond donors (Lipinski definition) is 1. The topological polar surface area (TPSA) is 59.6 Å². The molecule has 18 heavy (non-hydrogen) atoms. The number of rotatable bonds is 5. The molecule has 0 aliphatic carbocycles. The lowest BCUT2D eigenvalue weighted by atomic mass is 9.88. The third-order valence-corrected chi connectivity index (χ3v) is 3.09. The van der Waals surface area contributed by atoms with Crippen molar-refractivity contribution in [2.45, 2.75) is 26.7 Å². The fourth-order valence-electron chi connectivity index (χ4n) is 1.54. The van der Waals surface area contributed by atoms with E-state index in [9.17, 15) is 0 Å². The molecule has 0 bridgehead atoms. The molecule has 0 saturated carbocycles. The highest BCUT2D eigenvalue weighted by Gasteiger charge is 2.17. The van der Waals surface area contributed by atoms with E-state index in [-0.39, 0.29) is 5.41 Å². The maximum absolute atomic E-state index is 8.78. The summed E-state index contributed by atoms with van der Waals surface area (Å²) in [6.45, 7) is 4.99. The second kappa shape index (κ2) is 6.28. The molecule has 0 heterocycles. The molecule has 0 amide bonds. The molecule has 0 aromatic heterocycles. The molecule has 94 valence electrons. The van der Waals surface area contributed by atoms with Crippen molar-refractivity contribution in [3.63, 3.8) is 0 Å². The van der Waals surface area contributed by atoms with Crippen LogP contribution >= 0.6 is 11.6 Å². The number of hydrogen-bond acceptors (Lipinski definition) is 3. The van der Waals surface area contributed by atoms with Gasteiger partial charge in [0.1, 0.15) is 6.07 Å². The summed E-state index contributed by atoms with van der Waals surface area (Å²) in [5, 5.41) is 21.1. The van der Waals surface area contributed by atoms with Crippen molar-refractivity contribution in [3.8, 4) is 12.1 Å². The van der Waals surface area contributed by atoms with Crippen molar-refractivity contribution in [2.75, 3.05) is 11.9 Å². The zero-order valence-corrected chi connectivity index (χ0v) is 11.4. The second-order valence-electron chi connectivity index (χ2n) is 4.98. The average molecular weight is 262 g/mol. The van der Waals surface area contributed by atoms with Crippen molar-refractivity contribution in [3.05, 3.63) is 28.8 Å². The monoisotopic (exact) mass is 261 g/mol. The summed E-state index contributed by atoms with van der Waals surface area (Å²) in [5.41, 5.74) is 1.42. The maximum Gasteiger partial charge on any atom is 0.101 e. The molecule has 0 aliphatic rings. The fourth-order valence-corrected chi connectivity index (χ4v) is 1.76. The molecule has 3 nitrogen and oxygen atoms in total. The van der Waals surface area contributed by atoms with E-state index in [0.29, 0.717) is 17.0 Å². The minimum atomic E-state index is 0.0517. The Kier molecular flexibility index (Phi) is 5.01. The Labute approximate surface area is 113 Å². The lowest BCUT2D eigenvalue weighted by Gasteiger charge is -2.24. The number of halogens is 1. The third kappa shape index (κ3) is 4.28.